The predicted octanol–water partition coefficient (Wildman–Crippen LogP) is 12.1. The minimum atomic E-state index is 0. The van der Waals surface area contributed by atoms with Gasteiger partial charge in [0.15, 0.2) is 0 Å². The van der Waals surface area contributed by atoms with Gasteiger partial charge in [-0.3, -0.25) is 0 Å². The molecule has 4 aliphatic carbocycles. The van der Waals surface area contributed by atoms with Gasteiger partial charge in [0, 0.05) is 17.1 Å². The maximum Gasteiger partial charge on any atom is 0 e. The minimum Gasteiger partial charge on any atom is -0.748 e. The fourth-order valence-electron chi connectivity index (χ4n) is 8.28. The molecule has 4 saturated carbocycles. The first kappa shape index (κ1) is 32.0. The molecule has 6 rings (SSSR count). The van der Waals surface area contributed by atoms with E-state index in [1.54, 1.807) is 51.4 Å². The van der Waals surface area contributed by atoms with Crippen molar-refractivity contribution in [3.63, 3.8) is 0 Å². The molecule has 0 atom stereocenters. The summed E-state index contributed by atoms with van der Waals surface area (Å²) in [5.74, 6) is 0. The van der Waals surface area contributed by atoms with E-state index in [4.69, 9.17) is 0 Å². The largest absolute Gasteiger partial charge is 0.748 e. The molecule has 4 aliphatic rings. The molecule has 0 aromatic heterocycles. The first-order chi connectivity index (χ1) is 18.9. The Bertz CT molecular complexity index is 739. The van der Waals surface area contributed by atoms with E-state index in [0.29, 0.717) is 0 Å². The van der Waals surface area contributed by atoms with Crippen molar-refractivity contribution < 1.29 is 17.1 Å². The zero-order valence-electron chi connectivity index (χ0n) is 24.7. The van der Waals surface area contributed by atoms with Gasteiger partial charge in [-0.25, -0.2) is 12.1 Å². The smallest absolute Gasteiger partial charge is 0 e. The van der Waals surface area contributed by atoms with Gasteiger partial charge < -0.3 is 30.3 Å². The van der Waals surface area contributed by atoms with Crippen LogP contribution in [0.1, 0.15) is 140 Å². The van der Waals surface area contributed by atoms with E-state index in [0.717, 1.165) is 22.6 Å². The summed E-state index contributed by atoms with van der Waals surface area (Å²) in [5, 5.41) is 0. The fourth-order valence-corrected chi connectivity index (χ4v) is 16.0. The average Bonchev–Trinajstić information content (AvgIpc) is 3.72. The van der Waals surface area contributed by atoms with Crippen LogP contribution in [-0.2, 0) is 29.4 Å². The standard InChI is InChI=1S/C31H51P2.C5H5.Fe/c1-5-16-28(17-6-1)32(29-18-7-2-8-19-29)24-26-14-13-15-27(26)25-33(30-20-9-3-10-21-30)31-22-11-4-12-23-31;1-2-4-5-3-1;/h13-15,28-31H,1-12,16-25H2;1-5H;/q-1;-5;. The Morgan fingerprint density at radius 1 is 0.538 bits per heavy atom. The molecule has 0 N–H and O–H groups in total. The molecule has 224 valence electrons. The summed E-state index contributed by atoms with van der Waals surface area (Å²) in [6.45, 7) is 0. The molecule has 0 amide bonds. The first-order valence-electron chi connectivity index (χ1n) is 16.8. The van der Waals surface area contributed by atoms with E-state index in [1.165, 1.54) is 89.4 Å². The normalized spacial score (nSPS) is 22.4. The third kappa shape index (κ3) is 9.81. The van der Waals surface area contributed by atoms with Crippen LogP contribution in [0.4, 0.5) is 0 Å². The van der Waals surface area contributed by atoms with Crippen molar-refractivity contribution in [2.45, 2.75) is 163 Å². The van der Waals surface area contributed by atoms with Crippen LogP contribution in [0.15, 0.2) is 48.5 Å². The topological polar surface area (TPSA) is 0 Å². The van der Waals surface area contributed by atoms with Gasteiger partial charge in [0.2, 0.25) is 0 Å². The van der Waals surface area contributed by atoms with Crippen LogP contribution in [0.25, 0.3) is 0 Å². The number of hydrogen-bond donors (Lipinski definition) is 0. The van der Waals surface area contributed by atoms with Crippen LogP contribution in [0, 0.1) is 0 Å². The molecule has 2 aromatic rings. The van der Waals surface area contributed by atoms with Crippen LogP contribution in [0.2, 0.25) is 0 Å². The molecule has 0 radical (unpaired) electrons. The molecule has 2 aromatic carbocycles. The maximum absolute atomic E-state index is 2.59. The molecule has 0 aliphatic heterocycles. The molecule has 0 heterocycles. The summed E-state index contributed by atoms with van der Waals surface area (Å²) in [5.41, 5.74) is 8.04. The summed E-state index contributed by atoms with van der Waals surface area (Å²) in [6.07, 6.45) is 33.8. The zero-order chi connectivity index (χ0) is 25.8. The van der Waals surface area contributed by atoms with Gasteiger partial charge in [-0.05, 0) is 80.2 Å². The summed E-state index contributed by atoms with van der Waals surface area (Å²) in [4.78, 5) is 0. The summed E-state index contributed by atoms with van der Waals surface area (Å²) in [7, 11) is 0.379. The monoisotopic (exact) mass is 606 g/mol. The average molecular weight is 607 g/mol. The second kappa shape index (κ2) is 17.9. The van der Waals surface area contributed by atoms with Gasteiger partial charge in [-0.2, -0.15) is 11.6 Å². The molecule has 3 heteroatoms. The predicted molar refractivity (Wildman–Crippen MR) is 173 cm³/mol. The van der Waals surface area contributed by atoms with E-state index in [1.807, 2.05) is 41.5 Å². The molecule has 0 bridgehead atoms. The molecule has 0 spiro atoms. The van der Waals surface area contributed by atoms with E-state index in [9.17, 15) is 0 Å². The van der Waals surface area contributed by atoms with Crippen molar-refractivity contribution >= 4 is 15.8 Å². The summed E-state index contributed by atoms with van der Waals surface area (Å²) >= 11 is 0. The Morgan fingerprint density at radius 3 is 1.28 bits per heavy atom. The van der Waals surface area contributed by atoms with Crippen LogP contribution >= 0.6 is 15.8 Å². The quantitative estimate of drug-likeness (QED) is 0.159. The van der Waals surface area contributed by atoms with Crippen LogP contribution in [0.5, 0.6) is 0 Å². The third-order valence-corrected chi connectivity index (χ3v) is 17.7. The molecule has 39 heavy (non-hydrogen) atoms. The molecule has 0 unspecified atom stereocenters. The van der Waals surface area contributed by atoms with Crippen molar-refractivity contribution in [1.29, 1.82) is 0 Å². The van der Waals surface area contributed by atoms with Crippen LogP contribution in [-0.4, -0.2) is 22.6 Å². The molecule has 0 nitrogen and oxygen atoms in total. The fraction of sp³-hybridized carbons (Fsp3) is 0.722. The number of rotatable bonds is 8. The van der Waals surface area contributed by atoms with E-state index in [2.05, 4.69) is 18.2 Å². The van der Waals surface area contributed by atoms with Crippen molar-refractivity contribution in [2.75, 3.05) is 0 Å². The SMILES string of the molecule is [Fe].[cH-]1[cH-][cH-][cH-][cH-]1.c1cc(CP(C2CCCCC2)C2CCCCC2)[c-](CP(C2CCCCC2)C2CCCCC2)c1. The Kier molecular flexibility index (Phi) is 14.7. The molecule has 4 fully saturated rings. The second-order valence-corrected chi connectivity index (χ2v) is 18.7. The van der Waals surface area contributed by atoms with E-state index in [-0.39, 0.29) is 32.9 Å². The van der Waals surface area contributed by atoms with Crippen molar-refractivity contribution in [1.82, 2.24) is 0 Å². The molecule has 0 saturated heterocycles. The Labute approximate surface area is 255 Å². The maximum atomic E-state index is 2.59. The van der Waals surface area contributed by atoms with E-state index < -0.39 is 0 Å². The second-order valence-electron chi connectivity index (χ2n) is 13.1. The van der Waals surface area contributed by atoms with Gasteiger partial charge >= 0.3 is 0 Å². The van der Waals surface area contributed by atoms with Gasteiger partial charge in [-0.1, -0.05) is 91.1 Å². The Morgan fingerprint density at radius 2 is 0.897 bits per heavy atom. The summed E-state index contributed by atoms with van der Waals surface area (Å²) < 4.78 is 0. The Balaban J connectivity index is 0.000000530. The van der Waals surface area contributed by atoms with Crippen LogP contribution < -0.4 is 0 Å². The van der Waals surface area contributed by atoms with Crippen molar-refractivity contribution in [2.24, 2.45) is 0 Å². The number of hydrogen-bond acceptors (Lipinski definition) is 0. The van der Waals surface area contributed by atoms with Gasteiger partial charge in [0.1, 0.15) is 0 Å². The zero-order valence-corrected chi connectivity index (χ0v) is 27.6. The third-order valence-electron chi connectivity index (χ3n) is 10.4. The summed E-state index contributed by atoms with van der Waals surface area (Å²) in [6, 6.07) is 17.6. The minimum absolute atomic E-state index is 0. The van der Waals surface area contributed by atoms with Gasteiger partial charge in [-0.15, -0.1) is 13.5 Å². The van der Waals surface area contributed by atoms with Gasteiger partial charge in [0.05, 0.1) is 0 Å². The Hall–Kier alpha value is 0.0795. The van der Waals surface area contributed by atoms with Gasteiger partial charge in [0.25, 0.3) is 0 Å². The molecular formula is C36H56FeP2-6. The first-order valence-corrected chi connectivity index (χ1v) is 20.1. The van der Waals surface area contributed by atoms with Crippen LogP contribution in [0.3, 0.4) is 0 Å². The molecular weight excluding hydrogens is 550 g/mol. The van der Waals surface area contributed by atoms with Crippen molar-refractivity contribution in [3.8, 4) is 0 Å². The van der Waals surface area contributed by atoms with E-state index >= 15 is 0 Å². The van der Waals surface area contributed by atoms with Crippen molar-refractivity contribution in [3.05, 3.63) is 59.7 Å².